The van der Waals surface area contributed by atoms with Gasteiger partial charge in [0.05, 0.1) is 18.3 Å². The van der Waals surface area contributed by atoms with Gasteiger partial charge < -0.3 is 10.3 Å². The predicted molar refractivity (Wildman–Crippen MR) is 69.9 cm³/mol. The largest absolute Gasteiger partial charge is 0.389 e. The van der Waals surface area contributed by atoms with E-state index in [2.05, 4.69) is 4.98 Å². The topological polar surface area (TPSA) is 60.9 Å². The van der Waals surface area contributed by atoms with Crippen LogP contribution in [0.1, 0.15) is 11.1 Å². The van der Waals surface area contributed by atoms with E-state index in [-0.39, 0.29) is 22.7 Å². The van der Waals surface area contributed by atoms with E-state index < -0.39 is 5.82 Å². The van der Waals surface area contributed by atoms with Crippen LogP contribution in [0.25, 0.3) is 0 Å². The number of nitrogens with two attached hydrogens (primary N) is 1. The fourth-order valence-corrected chi connectivity index (χ4v) is 1.74. The summed E-state index contributed by atoms with van der Waals surface area (Å²) in [7, 11) is 0. The van der Waals surface area contributed by atoms with Crippen LogP contribution in [0.2, 0.25) is 0 Å². The van der Waals surface area contributed by atoms with E-state index in [9.17, 15) is 9.18 Å². The van der Waals surface area contributed by atoms with Crippen molar-refractivity contribution in [1.29, 1.82) is 0 Å². The second-order valence-electron chi connectivity index (χ2n) is 3.73. The molecule has 92 valence electrons. The fraction of sp³-hybridized carbons (Fsp3) is 0.0833. The molecule has 4 nitrogen and oxygen atoms in total. The lowest BCUT2D eigenvalue weighted by atomic mass is 10.2. The maximum absolute atomic E-state index is 13.0. The van der Waals surface area contributed by atoms with Crippen molar-refractivity contribution in [2.24, 2.45) is 5.73 Å². The first-order valence-electron chi connectivity index (χ1n) is 5.16. The number of thiocarbonyl (C=S) groups is 1. The van der Waals surface area contributed by atoms with Gasteiger partial charge >= 0.3 is 0 Å². The normalized spacial score (nSPS) is 10.3. The lowest BCUT2D eigenvalue weighted by Crippen LogP contribution is -2.28. The second kappa shape index (κ2) is 5.05. The molecular formula is C12H10FN3OS. The van der Waals surface area contributed by atoms with Crippen molar-refractivity contribution < 1.29 is 4.39 Å². The quantitative estimate of drug-likeness (QED) is 0.841. The van der Waals surface area contributed by atoms with Crippen LogP contribution in [-0.2, 0) is 6.54 Å². The van der Waals surface area contributed by atoms with Gasteiger partial charge in [-0.25, -0.2) is 4.39 Å². The lowest BCUT2D eigenvalue weighted by molar-refractivity contribution is 0.615. The Morgan fingerprint density at radius 2 is 2.28 bits per heavy atom. The third-order valence-corrected chi connectivity index (χ3v) is 2.62. The van der Waals surface area contributed by atoms with Gasteiger partial charge in [-0.2, -0.15) is 0 Å². The molecular weight excluding hydrogens is 253 g/mol. The number of hydrogen-bond donors (Lipinski definition) is 1. The highest BCUT2D eigenvalue weighted by molar-refractivity contribution is 7.80. The lowest BCUT2D eigenvalue weighted by Gasteiger charge is -2.07. The first-order chi connectivity index (χ1) is 8.58. The molecule has 0 aliphatic rings. The summed E-state index contributed by atoms with van der Waals surface area (Å²) < 4.78 is 14.4. The number of aromatic nitrogens is 2. The maximum atomic E-state index is 13.0. The van der Waals surface area contributed by atoms with Crippen molar-refractivity contribution in [3.63, 3.8) is 0 Å². The van der Waals surface area contributed by atoms with Gasteiger partial charge in [0, 0.05) is 12.4 Å². The van der Waals surface area contributed by atoms with Crippen LogP contribution < -0.4 is 11.3 Å². The van der Waals surface area contributed by atoms with Crippen molar-refractivity contribution in [2.75, 3.05) is 0 Å². The number of halogens is 1. The third-order valence-electron chi connectivity index (χ3n) is 2.40. The van der Waals surface area contributed by atoms with Crippen molar-refractivity contribution >= 4 is 17.2 Å². The molecule has 0 saturated carbocycles. The molecule has 0 saturated heterocycles. The van der Waals surface area contributed by atoms with Gasteiger partial charge in [-0.15, -0.1) is 0 Å². The van der Waals surface area contributed by atoms with Crippen LogP contribution in [0, 0.1) is 5.82 Å². The molecule has 0 aromatic carbocycles. The highest BCUT2D eigenvalue weighted by Crippen LogP contribution is 2.03. The molecule has 2 aromatic heterocycles. The minimum absolute atomic E-state index is 0.0479. The molecule has 0 aliphatic heterocycles. The average Bonchev–Trinajstić information content (AvgIpc) is 2.31. The molecule has 2 heterocycles. The van der Waals surface area contributed by atoms with Crippen LogP contribution >= 0.6 is 12.2 Å². The molecule has 0 fully saturated rings. The van der Waals surface area contributed by atoms with E-state index in [1.807, 2.05) is 0 Å². The molecule has 0 aliphatic carbocycles. The Morgan fingerprint density at radius 1 is 1.50 bits per heavy atom. The Labute approximate surface area is 108 Å². The smallest absolute Gasteiger partial charge is 0.261 e. The summed E-state index contributed by atoms with van der Waals surface area (Å²) in [6.45, 7) is 0.222. The van der Waals surface area contributed by atoms with Crippen LogP contribution in [-0.4, -0.2) is 14.5 Å². The first-order valence-corrected chi connectivity index (χ1v) is 5.57. The van der Waals surface area contributed by atoms with E-state index in [4.69, 9.17) is 18.0 Å². The standard InChI is InChI=1S/C12H10FN3OS/c13-9-4-8(5-15-6-9)7-16-3-1-2-10(11(14)18)12(16)17/h1-6H,7H2,(H2,14,18). The molecule has 2 aromatic rings. The minimum atomic E-state index is -0.439. The maximum Gasteiger partial charge on any atom is 0.261 e. The van der Waals surface area contributed by atoms with E-state index >= 15 is 0 Å². The van der Waals surface area contributed by atoms with Gasteiger partial charge in [0.25, 0.3) is 5.56 Å². The van der Waals surface area contributed by atoms with Crippen molar-refractivity contribution in [3.05, 3.63) is 64.1 Å². The zero-order valence-corrected chi connectivity index (χ0v) is 10.2. The Hall–Kier alpha value is -2.08. The molecule has 0 unspecified atom stereocenters. The molecule has 0 atom stereocenters. The van der Waals surface area contributed by atoms with Gasteiger partial charge in [0.2, 0.25) is 0 Å². The molecule has 2 N–H and O–H groups in total. The Balaban J connectivity index is 2.38. The number of hydrogen-bond acceptors (Lipinski definition) is 3. The highest BCUT2D eigenvalue weighted by Gasteiger charge is 2.06. The minimum Gasteiger partial charge on any atom is -0.389 e. The molecule has 0 spiro atoms. The monoisotopic (exact) mass is 263 g/mol. The van der Waals surface area contributed by atoms with E-state index in [0.717, 1.165) is 6.20 Å². The summed E-state index contributed by atoms with van der Waals surface area (Å²) >= 11 is 4.79. The summed E-state index contributed by atoms with van der Waals surface area (Å²) in [5, 5.41) is 0. The second-order valence-corrected chi connectivity index (χ2v) is 4.17. The van der Waals surface area contributed by atoms with Crippen LogP contribution in [0.5, 0.6) is 0 Å². The van der Waals surface area contributed by atoms with Crippen LogP contribution in [0.3, 0.4) is 0 Å². The van der Waals surface area contributed by atoms with Crippen molar-refractivity contribution in [3.8, 4) is 0 Å². The SMILES string of the molecule is NC(=S)c1cccn(Cc2cncc(F)c2)c1=O. The predicted octanol–water partition coefficient (Wildman–Crippen LogP) is 1.06. The van der Waals surface area contributed by atoms with E-state index in [0.29, 0.717) is 5.56 Å². The molecule has 6 heteroatoms. The Bertz CT molecular complexity index is 654. The zero-order chi connectivity index (χ0) is 13.1. The van der Waals surface area contributed by atoms with E-state index in [1.165, 1.54) is 16.8 Å². The summed E-state index contributed by atoms with van der Waals surface area (Å²) in [6, 6.07) is 4.56. The van der Waals surface area contributed by atoms with Crippen molar-refractivity contribution in [2.45, 2.75) is 6.54 Å². The molecule has 0 bridgehead atoms. The third kappa shape index (κ3) is 2.60. The first kappa shape index (κ1) is 12.4. The Morgan fingerprint density at radius 3 is 2.94 bits per heavy atom. The average molecular weight is 263 g/mol. The molecule has 0 amide bonds. The van der Waals surface area contributed by atoms with Crippen LogP contribution in [0.4, 0.5) is 4.39 Å². The summed E-state index contributed by atoms with van der Waals surface area (Å²) in [6.07, 6.45) is 4.20. The van der Waals surface area contributed by atoms with Gasteiger partial charge in [0.15, 0.2) is 0 Å². The summed E-state index contributed by atoms with van der Waals surface area (Å²) in [5.41, 5.74) is 6.02. The van der Waals surface area contributed by atoms with Crippen LogP contribution in [0.15, 0.2) is 41.6 Å². The van der Waals surface area contributed by atoms with Gasteiger partial charge in [-0.1, -0.05) is 12.2 Å². The number of rotatable bonds is 3. The van der Waals surface area contributed by atoms with Crippen molar-refractivity contribution in [1.82, 2.24) is 9.55 Å². The fourth-order valence-electron chi connectivity index (χ4n) is 1.59. The highest BCUT2D eigenvalue weighted by atomic mass is 32.1. The Kier molecular flexibility index (Phi) is 3.47. The molecule has 18 heavy (non-hydrogen) atoms. The van der Waals surface area contributed by atoms with Gasteiger partial charge in [-0.3, -0.25) is 9.78 Å². The van der Waals surface area contributed by atoms with Gasteiger partial charge in [-0.05, 0) is 23.8 Å². The van der Waals surface area contributed by atoms with Gasteiger partial charge in [0.1, 0.15) is 10.8 Å². The zero-order valence-electron chi connectivity index (χ0n) is 9.34. The van der Waals surface area contributed by atoms with E-state index in [1.54, 1.807) is 18.3 Å². The number of pyridine rings is 2. The number of nitrogens with zero attached hydrogens (tertiary/aromatic N) is 2. The summed E-state index contributed by atoms with van der Waals surface area (Å²) in [5.74, 6) is -0.439. The molecule has 2 rings (SSSR count). The summed E-state index contributed by atoms with van der Waals surface area (Å²) in [4.78, 5) is 15.8. The molecule has 0 radical (unpaired) electrons.